The molecule has 0 spiro atoms. The number of nitrogens with one attached hydrogen (secondary N) is 1. The Bertz CT molecular complexity index is 1010. The van der Waals surface area contributed by atoms with Gasteiger partial charge >= 0.3 is 5.63 Å². The first-order valence-electron chi connectivity index (χ1n) is 7.59. The molecule has 0 atom stereocenters. The van der Waals surface area contributed by atoms with E-state index in [1.807, 2.05) is 57.2 Å². The highest BCUT2D eigenvalue weighted by Gasteiger charge is 2.24. The van der Waals surface area contributed by atoms with E-state index in [-0.39, 0.29) is 22.5 Å². The molecule has 1 aromatic carbocycles. The summed E-state index contributed by atoms with van der Waals surface area (Å²) in [6.07, 6.45) is 1.41. The predicted octanol–water partition coefficient (Wildman–Crippen LogP) is 3.74. The van der Waals surface area contributed by atoms with Crippen LogP contribution >= 0.6 is 0 Å². The smallest absolute Gasteiger partial charge is 0.336 e. The monoisotopic (exact) mass is 336 g/mol. The third-order valence-electron chi connectivity index (χ3n) is 3.54. The maximum Gasteiger partial charge on any atom is 0.384 e. The van der Waals surface area contributed by atoms with Crippen molar-refractivity contribution in [2.75, 3.05) is 0 Å². The van der Waals surface area contributed by atoms with Crippen molar-refractivity contribution >= 4 is 11.5 Å². The molecule has 0 bridgehead atoms. The summed E-state index contributed by atoms with van der Waals surface area (Å²) in [4.78, 5) is 11.9. The Morgan fingerprint density at radius 3 is 2.60 bits per heavy atom. The van der Waals surface area contributed by atoms with Crippen LogP contribution in [0.2, 0.25) is 0 Å². The van der Waals surface area contributed by atoms with Gasteiger partial charge < -0.3 is 4.52 Å². The van der Waals surface area contributed by atoms with Gasteiger partial charge in [0.15, 0.2) is 11.5 Å². The van der Waals surface area contributed by atoms with Crippen molar-refractivity contribution in [3.05, 3.63) is 58.2 Å². The molecule has 8 nitrogen and oxygen atoms in total. The van der Waals surface area contributed by atoms with E-state index in [1.54, 1.807) is 0 Å². The quantitative estimate of drug-likeness (QED) is 0.734. The highest BCUT2D eigenvalue weighted by Crippen LogP contribution is 2.30. The third kappa shape index (κ3) is 3.12. The van der Waals surface area contributed by atoms with Crippen molar-refractivity contribution < 1.29 is 4.52 Å². The maximum atomic E-state index is 11.9. The molecular formula is C17H16N6O2. The largest absolute Gasteiger partial charge is 0.384 e. The van der Waals surface area contributed by atoms with Crippen LogP contribution in [-0.2, 0) is 5.41 Å². The van der Waals surface area contributed by atoms with Gasteiger partial charge in [0.2, 0.25) is 0 Å². The molecule has 3 aromatic rings. The summed E-state index contributed by atoms with van der Waals surface area (Å²) < 4.78 is 6.33. The molecule has 0 unspecified atom stereocenters. The average Bonchev–Trinajstić information content (AvgIpc) is 3.16. The number of nitriles is 1. The standard InChI is InChI=1S/C17H16N6O2/c1-17(2,3)14-13(16(24)25-22-14)20-21-15-11(9-18)10-19-23(15)12-7-5-4-6-8-12/h4-8,10,22H,1-3H3. The zero-order valence-corrected chi connectivity index (χ0v) is 14.0. The van der Waals surface area contributed by atoms with E-state index in [1.165, 1.54) is 10.9 Å². The van der Waals surface area contributed by atoms with Crippen LogP contribution in [0.4, 0.5) is 11.5 Å². The van der Waals surface area contributed by atoms with Gasteiger partial charge in [0, 0.05) is 5.41 Å². The van der Waals surface area contributed by atoms with Crippen molar-refractivity contribution in [3.63, 3.8) is 0 Å². The van der Waals surface area contributed by atoms with Crippen molar-refractivity contribution in [2.24, 2.45) is 10.2 Å². The van der Waals surface area contributed by atoms with Crippen molar-refractivity contribution in [3.8, 4) is 11.8 Å². The normalized spacial score (nSPS) is 11.8. The molecule has 0 saturated carbocycles. The van der Waals surface area contributed by atoms with Crippen molar-refractivity contribution in [1.82, 2.24) is 14.9 Å². The van der Waals surface area contributed by atoms with E-state index in [9.17, 15) is 10.1 Å². The van der Waals surface area contributed by atoms with Gasteiger partial charge in [-0.25, -0.2) is 14.6 Å². The van der Waals surface area contributed by atoms with Gasteiger partial charge in [-0.2, -0.15) is 10.4 Å². The molecule has 0 radical (unpaired) electrons. The van der Waals surface area contributed by atoms with Crippen LogP contribution in [0.15, 0.2) is 56.1 Å². The molecule has 3 rings (SSSR count). The van der Waals surface area contributed by atoms with Crippen molar-refractivity contribution in [1.29, 1.82) is 5.26 Å². The second-order valence-electron chi connectivity index (χ2n) is 6.41. The van der Waals surface area contributed by atoms with Gasteiger partial charge in [-0.15, -0.1) is 10.2 Å². The van der Waals surface area contributed by atoms with E-state index in [4.69, 9.17) is 4.52 Å². The lowest BCUT2D eigenvalue weighted by Gasteiger charge is -2.14. The van der Waals surface area contributed by atoms with Crippen LogP contribution in [-0.4, -0.2) is 14.9 Å². The first kappa shape index (κ1) is 16.4. The Balaban J connectivity index is 2.10. The number of benzene rings is 1. The Morgan fingerprint density at radius 1 is 1.24 bits per heavy atom. The summed E-state index contributed by atoms with van der Waals surface area (Å²) in [6, 6.07) is 11.3. The molecule has 25 heavy (non-hydrogen) atoms. The number of nitrogens with zero attached hydrogens (tertiary/aromatic N) is 5. The molecule has 1 N–H and O–H groups in total. The number of rotatable bonds is 3. The van der Waals surface area contributed by atoms with Gasteiger partial charge in [-0.3, -0.25) is 0 Å². The van der Waals surface area contributed by atoms with Gasteiger partial charge in [0.1, 0.15) is 11.6 Å². The molecule has 0 fully saturated rings. The molecule has 0 saturated heterocycles. The topological polar surface area (TPSA) is 112 Å². The Morgan fingerprint density at radius 2 is 1.96 bits per heavy atom. The first-order chi connectivity index (χ1) is 11.9. The fourth-order valence-electron chi connectivity index (χ4n) is 2.27. The lowest BCUT2D eigenvalue weighted by atomic mass is 9.91. The SMILES string of the molecule is CC(C)(C)c1[nH]oc(=O)c1N=Nc1c(C#N)cnn1-c1ccccc1. The molecule has 2 heterocycles. The number of H-pyrrole nitrogens is 1. The van der Waals surface area contributed by atoms with Crippen LogP contribution in [0.25, 0.3) is 5.69 Å². The summed E-state index contributed by atoms with van der Waals surface area (Å²) in [6.45, 7) is 5.76. The maximum absolute atomic E-state index is 11.9. The highest BCUT2D eigenvalue weighted by molar-refractivity contribution is 5.52. The number of aromatic amines is 1. The molecule has 2 aromatic heterocycles. The number of aromatic nitrogens is 3. The number of para-hydroxylation sites is 1. The van der Waals surface area contributed by atoms with Crippen LogP contribution in [0.5, 0.6) is 0 Å². The van der Waals surface area contributed by atoms with Crippen molar-refractivity contribution in [2.45, 2.75) is 26.2 Å². The van der Waals surface area contributed by atoms with Gasteiger partial charge in [-0.05, 0) is 12.1 Å². The minimum atomic E-state index is -0.613. The average molecular weight is 336 g/mol. The second-order valence-corrected chi connectivity index (χ2v) is 6.41. The second kappa shape index (κ2) is 6.20. The number of hydrogen-bond acceptors (Lipinski definition) is 6. The highest BCUT2D eigenvalue weighted by atomic mass is 16.5. The summed E-state index contributed by atoms with van der Waals surface area (Å²) in [5, 5.41) is 24.2. The lowest BCUT2D eigenvalue weighted by Crippen LogP contribution is -2.12. The summed E-state index contributed by atoms with van der Waals surface area (Å²) in [5.41, 5.74) is 0.610. The zero-order valence-electron chi connectivity index (χ0n) is 14.0. The van der Waals surface area contributed by atoms with E-state index < -0.39 is 5.63 Å². The minimum Gasteiger partial charge on any atom is -0.336 e. The summed E-state index contributed by atoms with van der Waals surface area (Å²) in [5.74, 6) is 0.245. The Kier molecular flexibility index (Phi) is 4.07. The molecular weight excluding hydrogens is 320 g/mol. The molecule has 0 aliphatic rings. The zero-order chi connectivity index (χ0) is 18.0. The molecule has 0 amide bonds. The number of azo groups is 1. The van der Waals surface area contributed by atoms with Gasteiger partial charge in [0.25, 0.3) is 0 Å². The Hall–Kier alpha value is -3.47. The molecule has 0 aliphatic carbocycles. The number of hydrogen-bond donors (Lipinski definition) is 1. The first-order valence-corrected chi connectivity index (χ1v) is 7.59. The molecule has 8 heteroatoms. The summed E-state index contributed by atoms with van der Waals surface area (Å²) >= 11 is 0. The van der Waals surface area contributed by atoms with E-state index >= 15 is 0 Å². The third-order valence-corrected chi connectivity index (χ3v) is 3.54. The summed E-state index contributed by atoms with van der Waals surface area (Å²) in [7, 11) is 0. The van der Waals surface area contributed by atoms with Crippen LogP contribution in [0.3, 0.4) is 0 Å². The minimum absolute atomic E-state index is 0.0807. The van der Waals surface area contributed by atoms with Gasteiger partial charge in [-0.1, -0.05) is 39.0 Å². The van der Waals surface area contributed by atoms with E-state index in [0.717, 1.165) is 5.69 Å². The lowest BCUT2D eigenvalue weighted by molar-refractivity contribution is 0.370. The van der Waals surface area contributed by atoms with Crippen LogP contribution in [0, 0.1) is 11.3 Å². The molecule has 126 valence electrons. The van der Waals surface area contributed by atoms with Crippen LogP contribution < -0.4 is 5.63 Å². The van der Waals surface area contributed by atoms with E-state index in [0.29, 0.717) is 5.69 Å². The predicted molar refractivity (Wildman–Crippen MR) is 90.5 cm³/mol. The fourth-order valence-corrected chi connectivity index (χ4v) is 2.27. The Labute approximate surface area is 143 Å². The van der Waals surface area contributed by atoms with Gasteiger partial charge in [0.05, 0.1) is 17.6 Å². The van der Waals surface area contributed by atoms with Crippen LogP contribution in [0.1, 0.15) is 32.0 Å². The van der Waals surface area contributed by atoms with E-state index in [2.05, 4.69) is 20.5 Å². The molecule has 0 aliphatic heterocycles. The fraction of sp³-hybridized carbons (Fsp3) is 0.235.